The number of fused-ring (bicyclic) bond motifs is 2. The van der Waals surface area contributed by atoms with E-state index in [9.17, 15) is 0 Å². The Bertz CT molecular complexity index is 1160. The number of aryl methyl sites for hydroxylation is 1. The Hall–Kier alpha value is -3.46. The van der Waals surface area contributed by atoms with Crippen molar-refractivity contribution >= 4 is 17.1 Å². The highest BCUT2D eigenvalue weighted by Gasteiger charge is 2.24. The highest BCUT2D eigenvalue weighted by molar-refractivity contribution is 5.87. The molecule has 33 heavy (non-hydrogen) atoms. The first-order valence-corrected chi connectivity index (χ1v) is 12.0. The van der Waals surface area contributed by atoms with Crippen molar-refractivity contribution < 1.29 is 4.74 Å². The molecule has 3 heteroatoms. The first-order chi connectivity index (χ1) is 16.1. The number of allylic oxidation sites excluding steroid dienone is 2. The predicted molar refractivity (Wildman–Crippen MR) is 141 cm³/mol. The molecule has 1 aliphatic heterocycles. The average molecular weight is 439 g/mol. The lowest BCUT2D eigenvalue weighted by Crippen LogP contribution is -2.21. The number of ether oxygens (including phenoxy) is 1. The van der Waals surface area contributed by atoms with Crippen LogP contribution in [-0.2, 0) is 6.54 Å². The van der Waals surface area contributed by atoms with Crippen molar-refractivity contribution in [2.45, 2.75) is 47.1 Å². The molecule has 0 fully saturated rings. The van der Waals surface area contributed by atoms with Crippen molar-refractivity contribution in [3.8, 4) is 11.5 Å². The van der Waals surface area contributed by atoms with Crippen LogP contribution < -0.4 is 15.0 Å². The Kier molecular flexibility index (Phi) is 7.19. The molecule has 0 aliphatic carbocycles. The third-order valence-corrected chi connectivity index (χ3v) is 5.96. The molecule has 1 aliphatic rings. The van der Waals surface area contributed by atoms with Gasteiger partial charge in [-0.1, -0.05) is 68.0 Å². The summed E-state index contributed by atoms with van der Waals surface area (Å²) < 4.78 is 6.42. The van der Waals surface area contributed by atoms with Gasteiger partial charge in [-0.2, -0.15) is 0 Å². The van der Waals surface area contributed by atoms with E-state index in [1.807, 2.05) is 6.07 Å². The summed E-state index contributed by atoms with van der Waals surface area (Å²) in [6.45, 7) is 10.3. The van der Waals surface area contributed by atoms with Crippen LogP contribution in [0.15, 0.2) is 78.9 Å². The number of rotatable bonds is 7. The summed E-state index contributed by atoms with van der Waals surface area (Å²) in [5, 5.41) is 3.67. The summed E-state index contributed by atoms with van der Waals surface area (Å²) in [5.74, 6) is 1.80. The summed E-state index contributed by atoms with van der Waals surface area (Å²) in [4.78, 5) is 2.37. The smallest absolute Gasteiger partial charge is 0.151 e. The van der Waals surface area contributed by atoms with Crippen molar-refractivity contribution in [1.82, 2.24) is 5.32 Å². The van der Waals surface area contributed by atoms with Crippen LogP contribution in [0.25, 0.3) is 11.4 Å². The highest BCUT2D eigenvalue weighted by Crippen LogP contribution is 2.44. The molecule has 0 amide bonds. The summed E-state index contributed by atoms with van der Waals surface area (Å²) >= 11 is 0. The molecule has 0 saturated carbocycles. The summed E-state index contributed by atoms with van der Waals surface area (Å²) in [6.07, 6.45) is 6.50. The molecule has 1 heterocycles. The van der Waals surface area contributed by atoms with Crippen LogP contribution in [0.2, 0.25) is 0 Å². The lowest BCUT2D eigenvalue weighted by atomic mass is 10.1. The SMILES string of the molecule is CC/C=C1/c2ccccc2Oc2ccc(/C(=C\CC)NCc3ccc(C)cc3)cc2N1CC. The zero-order valence-corrected chi connectivity index (χ0v) is 20.2. The maximum absolute atomic E-state index is 6.42. The number of hydrogen-bond acceptors (Lipinski definition) is 3. The Morgan fingerprint density at radius 1 is 0.909 bits per heavy atom. The van der Waals surface area contributed by atoms with E-state index in [1.165, 1.54) is 22.4 Å². The van der Waals surface area contributed by atoms with Crippen LogP contribution in [0, 0.1) is 6.92 Å². The van der Waals surface area contributed by atoms with E-state index in [0.717, 1.165) is 54.4 Å². The van der Waals surface area contributed by atoms with Crippen LogP contribution in [-0.4, -0.2) is 6.54 Å². The fourth-order valence-electron chi connectivity index (χ4n) is 4.30. The lowest BCUT2D eigenvalue weighted by Gasteiger charge is -2.26. The third-order valence-electron chi connectivity index (χ3n) is 5.96. The standard InChI is InChI=1S/C30H34N2O/c1-5-10-26(31-21-23-16-14-22(4)15-17-23)24-18-19-30-28(20-24)32(7-3)27(11-6-2)25-12-8-9-13-29(25)33-30/h8-20,31H,5-7,21H2,1-4H3/b26-10+,27-11-. The Morgan fingerprint density at radius 2 is 1.70 bits per heavy atom. The normalized spacial score (nSPS) is 14.4. The number of hydrogen-bond donors (Lipinski definition) is 1. The quantitative estimate of drug-likeness (QED) is 0.405. The van der Waals surface area contributed by atoms with Crippen molar-refractivity contribution in [2.75, 3.05) is 11.4 Å². The summed E-state index contributed by atoms with van der Waals surface area (Å²) in [7, 11) is 0. The van der Waals surface area contributed by atoms with Crippen molar-refractivity contribution in [2.24, 2.45) is 0 Å². The van der Waals surface area contributed by atoms with Gasteiger partial charge in [0.05, 0.1) is 5.69 Å². The maximum atomic E-state index is 6.42. The average Bonchev–Trinajstić information content (AvgIpc) is 2.96. The van der Waals surface area contributed by atoms with E-state index < -0.39 is 0 Å². The van der Waals surface area contributed by atoms with Crippen LogP contribution in [0.4, 0.5) is 5.69 Å². The Labute approximate surface area is 198 Å². The van der Waals surface area contributed by atoms with Gasteiger partial charge in [0.2, 0.25) is 0 Å². The van der Waals surface area contributed by atoms with Crippen LogP contribution in [0.3, 0.4) is 0 Å². The minimum atomic E-state index is 0.795. The molecular weight excluding hydrogens is 404 g/mol. The van der Waals surface area contributed by atoms with Gasteiger partial charge in [-0.3, -0.25) is 0 Å². The van der Waals surface area contributed by atoms with Crippen LogP contribution in [0.5, 0.6) is 11.5 Å². The second-order valence-corrected chi connectivity index (χ2v) is 8.39. The lowest BCUT2D eigenvalue weighted by molar-refractivity contribution is 0.485. The van der Waals surface area contributed by atoms with Gasteiger partial charge >= 0.3 is 0 Å². The number of nitrogens with zero attached hydrogens (tertiary/aromatic N) is 1. The molecule has 0 saturated heterocycles. The zero-order chi connectivity index (χ0) is 23.2. The maximum Gasteiger partial charge on any atom is 0.151 e. The highest BCUT2D eigenvalue weighted by atomic mass is 16.5. The number of benzene rings is 3. The number of nitrogens with one attached hydrogen (secondary N) is 1. The fraction of sp³-hybridized carbons (Fsp3) is 0.267. The third kappa shape index (κ3) is 4.98. The second-order valence-electron chi connectivity index (χ2n) is 8.39. The summed E-state index contributed by atoms with van der Waals surface area (Å²) in [6, 6.07) is 23.6. The first-order valence-electron chi connectivity index (χ1n) is 12.0. The van der Waals surface area contributed by atoms with Crippen LogP contribution >= 0.6 is 0 Å². The van der Waals surface area contributed by atoms with Gasteiger partial charge in [-0.05, 0) is 68.1 Å². The molecule has 3 aromatic carbocycles. The molecule has 0 unspecified atom stereocenters. The van der Waals surface area contributed by atoms with Crippen molar-refractivity contribution in [1.29, 1.82) is 0 Å². The topological polar surface area (TPSA) is 24.5 Å². The molecule has 0 radical (unpaired) electrons. The molecule has 0 bridgehead atoms. The largest absolute Gasteiger partial charge is 0.454 e. The monoisotopic (exact) mass is 438 g/mol. The number of para-hydroxylation sites is 1. The Morgan fingerprint density at radius 3 is 2.42 bits per heavy atom. The van der Waals surface area contributed by atoms with Crippen LogP contribution in [0.1, 0.15) is 55.9 Å². The van der Waals surface area contributed by atoms with E-state index >= 15 is 0 Å². The zero-order valence-electron chi connectivity index (χ0n) is 20.2. The molecule has 4 rings (SSSR count). The molecule has 0 spiro atoms. The summed E-state index contributed by atoms with van der Waals surface area (Å²) in [5.41, 5.74) is 8.34. The molecular formula is C30H34N2O. The van der Waals surface area contributed by atoms with Gasteiger partial charge in [0.15, 0.2) is 5.75 Å². The molecule has 170 valence electrons. The van der Waals surface area contributed by atoms with Gasteiger partial charge in [0, 0.05) is 30.0 Å². The molecule has 0 aromatic heterocycles. The predicted octanol–water partition coefficient (Wildman–Crippen LogP) is 7.92. The second kappa shape index (κ2) is 10.4. The van der Waals surface area contributed by atoms with E-state index in [1.54, 1.807) is 0 Å². The minimum absolute atomic E-state index is 0.795. The van der Waals surface area contributed by atoms with Gasteiger partial charge in [-0.25, -0.2) is 0 Å². The molecule has 0 atom stereocenters. The molecule has 3 nitrogen and oxygen atoms in total. The van der Waals surface area contributed by atoms with Gasteiger partial charge in [0.25, 0.3) is 0 Å². The molecule has 3 aromatic rings. The van der Waals surface area contributed by atoms with Gasteiger partial charge in [-0.15, -0.1) is 0 Å². The van der Waals surface area contributed by atoms with Gasteiger partial charge in [0.1, 0.15) is 5.75 Å². The molecule has 1 N–H and O–H groups in total. The van der Waals surface area contributed by atoms with E-state index in [4.69, 9.17) is 4.74 Å². The minimum Gasteiger partial charge on any atom is -0.454 e. The number of anilines is 1. The fourth-order valence-corrected chi connectivity index (χ4v) is 4.30. The Balaban J connectivity index is 1.71. The van der Waals surface area contributed by atoms with Gasteiger partial charge < -0.3 is 15.0 Å². The van der Waals surface area contributed by atoms with E-state index in [-0.39, 0.29) is 0 Å². The first kappa shape index (κ1) is 22.7. The van der Waals surface area contributed by atoms with Crippen molar-refractivity contribution in [3.63, 3.8) is 0 Å². The van der Waals surface area contributed by atoms with E-state index in [0.29, 0.717) is 0 Å². The van der Waals surface area contributed by atoms with Crippen molar-refractivity contribution in [3.05, 3.63) is 101 Å². The van der Waals surface area contributed by atoms with E-state index in [2.05, 4.69) is 111 Å².